The first-order valence-corrected chi connectivity index (χ1v) is 10.1. The molecule has 0 saturated carbocycles. The van der Waals surface area contributed by atoms with Gasteiger partial charge in [0.25, 0.3) is 11.8 Å². The standard InChI is InChI=1S/C20H24FN5O4/c21-13-3-5-14(6-4-13)26-16(18(22)27)12-15(23-26)19(28)24-7-9-25(10-8-24)20(29)17-2-1-11-30-17/h3-6,16-17H,1-2,7-12H2,(H2,22,27). The first-order valence-electron chi connectivity index (χ1n) is 10.1. The van der Waals surface area contributed by atoms with Crippen molar-refractivity contribution in [2.45, 2.75) is 31.4 Å². The molecule has 9 nitrogen and oxygen atoms in total. The van der Waals surface area contributed by atoms with Gasteiger partial charge in [-0.05, 0) is 37.1 Å². The third-order valence-electron chi connectivity index (χ3n) is 5.66. The van der Waals surface area contributed by atoms with E-state index in [2.05, 4.69) is 5.10 Å². The van der Waals surface area contributed by atoms with Crippen molar-refractivity contribution in [3.05, 3.63) is 30.1 Å². The number of benzene rings is 1. The molecule has 2 atom stereocenters. The summed E-state index contributed by atoms with van der Waals surface area (Å²) in [5, 5.41) is 5.69. The van der Waals surface area contributed by atoms with Crippen molar-refractivity contribution in [3.8, 4) is 0 Å². The fourth-order valence-corrected chi connectivity index (χ4v) is 3.98. The monoisotopic (exact) mass is 417 g/mol. The summed E-state index contributed by atoms with van der Waals surface area (Å²) in [6, 6.07) is 4.67. The van der Waals surface area contributed by atoms with E-state index in [0.717, 1.165) is 12.8 Å². The number of amides is 3. The number of primary amides is 1. The van der Waals surface area contributed by atoms with E-state index >= 15 is 0 Å². The van der Waals surface area contributed by atoms with Crippen LogP contribution in [0.4, 0.5) is 10.1 Å². The van der Waals surface area contributed by atoms with Gasteiger partial charge in [-0.25, -0.2) is 4.39 Å². The third-order valence-corrected chi connectivity index (χ3v) is 5.66. The Bertz CT molecular complexity index is 860. The zero-order valence-corrected chi connectivity index (χ0v) is 16.5. The number of piperazine rings is 1. The lowest BCUT2D eigenvalue weighted by atomic mass is 10.1. The molecule has 30 heavy (non-hydrogen) atoms. The minimum Gasteiger partial charge on any atom is -0.368 e. The van der Waals surface area contributed by atoms with Gasteiger partial charge in [-0.3, -0.25) is 19.4 Å². The first kappa shape index (κ1) is 20.3. The summed E-state index contributed by atoms with van der Waals surface area (Å²) >= 11 is 0. The molecule has 0 aromatic heterocycles. The highest BCUT2D eigenvalue weighted by molar-refractivity contribution is 6.40. The molecular formula is C20H24FN5O4. The lowest BCUT2D eigenvalue weighted by Crippen LogP contribution is -2.54. The number of anilines is 1. The molecule has 2 N–H and O–H groups in total. The van der Waals surface area contributed by atoms with Crippen LogP contribution in [0, 0.1) is 5.82 Å². The van der Waals surface area contributed by atoms with Crippen LogP contribution < -0.4 is 10.7 Å². The lowest BCUT2D eigenvalue weighted by Gasteiger charge is -2.35. The Hall–Kier alpha value is -3.01. The van der Waals surface area contributed by atoms with Crippen LogP contribution in [0.3, 0.4) is 0 Å². The van der Waals surface area contributed by atoms with Crippen molar-refractivity contribution in [1.82, 2.24) is 9.80 Å². The van der Waals surface area contributed by atoms with Gasteiger partial charge in [0.1, 0.15) is 23.7 Å². The number of hydrogen-bond donors (Lipinski definition) is 1. The zero-order chi connectivity index (χ0) is 21.3. The predicted molar refractivity (Wildman–Crippen MR) is 106 cm³/mol. The van der Waals surface area contributed by atoms with Gasteiger partial charge in [0.05, 0.1) is 5.69 Å². The highest BCUT2D eigenvalue weighted by atomic mass is 19.1. The van der Waals surface area contributed by atoms with Crippen molar-refractivity contribution in [2.24, 2.45) is 10.8 Å². The predicted octanol–water partition coefficient (Wildman–Crippen LogP) is 0.0955. The summed E-state index contributed by atoms with van der Waals surface area (Å²) < 4.78 is 18.7. The Morgan fingerprint density at radius 3 is 2.33 bits per heavy atom. The van der Waals surface area contributed by atoms with Crippen LogP contribution in [0.1, 0.15) is 19.3 Å². The molecule has 0 radical (unpaired) electrons. The van der Waals surface area contributed by atoms with Crippen LogP contribution in [-0.2, 0) is 19.1 Å². The second-order valence-electron chi connectivity index (χ2n) is 7.61. The van der Waals surface area contributed by atoms with E-state index in [1.165, 1.54) is 29.3 Å². The number of ether oxygens (including phenoxy) is 1. The van der Waals surface area contributed by atoms with Gasteiger partial charge in [-0.15, -0.1) is 0 Å². The molecule has 0 aliphatic carbocycles. The summed E-state index contributed by atoms with van der Waals surface area (Å²) in [4.78, 5) is 40.7. The highest BCUT2D eigenvalue weighted by Gasteiger charge is 2.38. The number of hydrazone groups is 1. The average molecular weight is 417 g/mol. The Kier molecular flexibility index (Phi) is 5.67. The Morgan fingerprint density at radius 2 is 1.73 bits per heavy atom. The maximum absolute atomic E-state index is 13.2. The number of hydrogen-bond acceptors (Lipinski definition) is 6. The molecule has 3 amide bonds. The van der Waals surface area contributed by atoms with Gasteiger partial charge in [0.15, 0.2) is 0 Å². The van der Waals surface area contributed by atoms with Gasteiger partial charge in [-0.2, -0.15) is 5.10 Å². The fourth-order valence-electron chi connectivity index (χ4n) is 3.98. The zero-order valence-electron chi connectivity index (χ0n) is 16.5. The number of carbonyl (C=O) groups is 3. The van der Waals surface area contributed by atoms with E-state index in [4.69, 9.17) is 10.5 Å². The molecule has 0 spiro atoms. The SMILES string of the molecule is NC(=O)C1CC(C(=O)N2CCN(C(=O)C3CCCO3)CC2)=NN1c1ccc(F)cc1. The topological polar surface area (TPSA) is 109 Å². The van der Waals surface area contributed by atoms with Crippen LogP contribution in [0.2, 0.25) is 0 Å². The maximum atomic E-state index is 13.2. The van der Waals surface area contributed by atoms with Crippen LogP contribution >= 0.6 is 0 Å². The van der Waals surface area contributed by atoms with Crippen molar-refractivity contribution in [3.63, 3.8) is 0 Å². The minimum atomic E-state index is -0.809. The molecule has 10 heteroatoms. The van der Waals surface area contributed by atoms with E-state index in [-0.39, 0.29) is 30.1 Å². The number of nitrogens with two attached hydrogens (primary N) is 1. The van der Waals surface area contributed by atoms with Crippen LogP contribution in [0.25, 0.3) is 0 Å². The summed E-state index contributed by atoms with van der Waals surface area (Å²) in [6.45, 7) is 2.24. The normalized spacial score (nSPS) is 24.2. The van der Waals surface area contributed by atoms with Crippen LogP contribution in [0.5, 0.6) is 0 Å². The number of rotatable bonds is 4. The van der Waals surface area contributed by atoms with Gasteiger partial charge in [-0.1, -0.05) is 0 Å². The van der Waals surface area contributed by atoms with Crippen molar-refractivity contribution >= 4 is 29.1 Å². The van der Waals surface area contributed by atoms with Crippen molar-refractivity contribution in [2.75, 3.05) is 37.8 Å². The fraction of sp³-hybridized carbons (Fsp3) is 0.500. The van der Waals surface area contributed by atoms with Crippen molar-refractivity contribution in [1.29, 1.82) is 0 Å². The van der Waals surface area contributed by atoms with Gasteiger partial charge < -0.3 is 20.3 Å². The van der Waals surface area contributed by atoms with Gasteiger partial charge >= 0.3 is 0 Å². The second-order valence-corrected chi connectivity index (χ2v) is 7.61. The molecule has 4 rings (SSSR count). The van der Waals surface area contributed by atoms with Crippen LogP contribution in [-0.4, -0.2) is 78.2 Å². The molecule has 2 unspecified atom stereocenters. The third kappa shape index (κ3) is 4.00. The molecule has 160 valence electrons. The highest BCUT2D eigenvalue weighted by Crippen LogP contribution is 2.26. The van der Waals surface area contributed by atoms with Crippen LogP contribution in [0.15, 0.2) is 29.4 Å². The van der Waals surface area contributed by atoms with E-state index in [0.29, 0.717) is 38.5 Å². The smallest absolute Gasteiger partial charge is 0.270 e. The van der Waals surface area contributed by atoms with Gasteiger partial charge in [0.2, 0.25) is 5.91 Å². The van der Waals surface area contributed by atoms with E-state index in [9.17, 15) is 18.8 Å². The molecule has 2 saturated heterocycles. The summed E-state index contributed by atoms with van der Waals surface area (Å²) in [5.41, 5.74) is 6.20. The summed E-state index contributed by atoms with van der Waals surface area (Å²) in [5.74, 6) is -1.33. The second kappa shape index (κ2) is 8.39. The number of nitrogens with zero attached hydrogens (tertiary/aromatic N) is 4. The molecule has 1 aromatic rings. The van der Waals surface area contributed by atoms with E-state index < -0.39 is 17.8 Å². The Morgan fingerprint density at radius 1 is 1.07 bits per heavy atom. The molecule has 1 aromatic carbocycles. The van der Waals surface area contributed by atoms with Gasteiger partial charge in [0, 0.05) is 39.2 Å². The minimum absolute atomic E-state index is 0.0194. The molecule has 2 fully saturated rings. The Balaban J connectivity index is 1.41. The van der Waals surface area contributed by atoms with E-state index in [1.807, 2.05) is 0 Å². The summed E-state index contributed by atoms with van der Waals surface area (Å²) in [7, 11) is 0. The Labute approximate surface area is 173 Å². The largest absolute Gasteiger partial charge is 0.368 e. The summed E-state index contributed by atoms with van der Waals surface area (Å²) in [6.07, 6.45) is 1.34. The molecule has 3 aliphatic heterocycles. The molecular weight excluding hydrogens is 393 g/mol. The molecule has 3 heterocycles. The molecule has 0 bridgehead atoms. The maximum Gasteiger partial charge on any atom is 0.270 e. The lowest BCUT2D eigenvalue weighted by molar-refractivity contribution is -0.144. The first-order chi connectivity index (χ1) is 14.4. The van der Waals surface area contributed by atoms with Crippen molar-refractivity contribution < 1.29 is 23.5 Å². The quantitative estimate of drug-likeness (QED) is 0.747. The van der Waals surface area contributed by atoms with E-state index in [1.54, 1.807) is 9.80 Å². The average Bonchev–Trinajstić information content (AvgIpc) is 3.44. The number of halogens is 1. The molecule has 3 aliphatic rings. The number of carbonyl (C=O) groups excluding carboxylic acids is 3.